The fourth-order valence-electron chi connectivity index (χ4n) is 2.62. The van der Waals surface area contributed by atoms with E-state index in [0.717, 1.165) is 32.5 Å². The Balaban J connectivity index is 2.42. The van der Waals surface area contributed by atoms with E-state index in [4.69, 9.17) is 10.2 Å². The number of rotatable bonds is 8. The molecular formula is C13H24N2O4. The maximum Gasteiger partial charge on any atom is 0.304 e. The molecule has 0 aromatic rings. The molecule has 0 radical (unpaired) electrons. The zero-order valence-corrected chi connectivity index (χ0v) is 11.5. The van der Waals surface area contributed by atoms with E-state index in [2.05, 4.69) is 9.80 Å². The van der Waals surface area contributed by atoms with E-state index in [9.17, 15) is 9.59 Å². The molecule has 6 nitrogen and oxygen atoms in total. The van der Waals surface area contributed by atoms with Crippen LogP contribution in [0.25, 0.3) is 0 Å². The SMILES string of the molecule is CCN(CCC(=O)O)C1CCCN(CCC(=O)O)C1. The average molecular weight is 272 g/mol. The van der Waals surface area contributed by atoms with Gasteiger partial charge < -0.3 is 15.1 Å². The minimum Gasteiger partial charge on any atom is -0.481 e. The summed E-state index contributed by atoms with van der Waals surface area (Å²) < 4.78 is 0. The quantitative estimate of drug-likeness (QED) is 0.677. The molecule has 1 atom stereocenters. The summed E-state index contributed by atoms with van der Waals surface area (Å²) in [4.78, 5) is 25.6. The molecule has 1 saturated heterocycles. The topological polar surface area (TPSA) is 81.1 Å². The fourth-order valence-corrected chi connectivity index (χ4v) is 2.62. The Morgan fingerprint density at radius 2 is 1.95 bits per heavy atom. The van der Waals surface area contributed by atoms with Gasteiger partial charge >= 0.3 is 11.9 Å². The number of likely N-dealkylation sites (tertiary alicyclic amines) is 1. The number of carbonyl (C=O) groups is 2. The summed E-state index contributed by atoms with van der Waals surface area (Å²) in [6, 6.07) is 0.354. The number of carboxylic acid groups (broad SMARTS) is 2. The predicted octanol–water partition coefficient (Wildman–Crippen LogP) is 0.722. The second kappa shape index (κ2) is 8.12. The fraction of sp³-hybridized carbons (Fsp3) is 0.846. The van der Waals surface area contributed by atoms with Crippen LogP contribution in [0.4, 0.5) is 0 Å². The first-order chi connectivity index (χ1) is 9.02. The van der Waals surface area contributed by atoms with Gasteiger partial charge in [0.15, 0.2) is 0 Å². The van der Waals surface area contributed by atoms with Gasteiger partial charge in [-0.15, -0.1) is 0 Å². The number of nitrogens with zero attached hydrogens (tertiary/aromatic N) is 2. The van der Waals surface area contributed by atoms with Crippen molar-refractivity contribution in [1.29, 1.82) is 0 Å². The lowest BCUT2D eigenvalue weighted by Crippen LogP contribution is -2.48. The number of hydrogen-bond donors (Lipinski definition) is 2. The molecule has 110 valence electrons. The number of likely N-dealkylation sites (N-methyl/N-ethyl adjacent to an activating group) is 1. The van der Waals surface area contributed by atoms with E-state index in [1.165, 1.54) is 0 Å². The van der Waals surface area contributed by atoms with Crippen molar-refractivity contribution in [1.82, 2.24) is 9.80 Å². The smallest absolute Gasteiger partial charge is 0.304 e. The molecule has 0 spiro atoms. The molecule has 19 heavy (non-hydrogen) atoms. The standard InChI is InChI=1S/C13H24N2O4/c1-2-15(9-6-13(18)19)11-4-3-7-14(10-11)8-5-12(16)17/h11H,2-10H2,1H3,(H,16,17)(H,18,19). The number of aliphatic carboxylic acids is 2. The van der Waals surface area contributed by atoms with Gasteiger partial charge in [-0.05, 0) is 25.9 Å². The van der Waals surface area contributed by atoms with Crippen LogP contribution in [0.3, 0.4) is 0 Å². The Hall–Kier alpha value is -1.14. The predicted molar refractivity (Wildman–Crippen MR) is 71.2 cm³/mol. The summed E-state index contributed by atoms with van der Waals surface area (Å²) >= 11 is 0. The molecule has 1 aliphatic heterocycles. The van der Waals surface area contributed by atoms with E-state index in [1.807, 2.05) is 6.92 Å². The van der Waals surface area contributed by atoms with Crippen LogP contribution in [0.5, 0.6) is 0 Å². The molecule has 1 fully saturated rings. The lowest BCUT2D eigenvalue weighted by Gasteiger charge is -2.38. The van der Waals surface area contributed by atoms with Crippen molar-refractivity contribution in [2.24, 2.45) is 0 Å². The van der Waals surface area contributed by atoms with Crippen molar-refractivity contribution in [2.45, 2.75) is 38.6 Å². The van der Waals surface area contributed by atoms with Crippen molar-refractivity contribution < 1.29 is 19.8 Å². The van der Waals surface area contributed by atoms with Crippen molar-refractivity contribution in [3.8, 4) is 0 Å². The Morgan fingerprint density at radius 3 is 2.53 bits per heavy atom. The normalized spacial score (nSPS) is 20.6. The highest BCUT2D eigenvalue weighted by Gasteiger charge is 2.24. The summed E-state index contributed by atoms with van der Waals surface area (Å²) in [5, 5.41) is 17.5. The van der Waals surface area contributed by atoms with Gasteiger partial charge in [-0.25, -0.2) is 0 Å². The van der Waals surface area contributed by atoms with Gasteiger partial charge in [0, 0.05) is 25.7 Å². The maximum atomic E-state index is 10.6. The lowest BCUT2D eigenvalue weighted by molar-refractivity contribution is -0.138. The van der Waals surface area contributed by atoms with Crippen molar-refractivity contribution in [3.63, 3.8) is 0 Å². The van der Waals surface area contributed by atoms with Crippen molar-refractivity contribution in [3.05, 3.63) is 0 Å². The van der Waals surface area contributed by atoms with Crippen LogP contribution in [0, 0.1) is 0 Å². The highest BCUT2D eigenvalue weighted by molar-refractivity contribution is 5.67. The van der Waals surface area contributed by atoms with Crippen LogP contribution in [0.1, 0.15) is 32.6 Å². The van der Waals surface area contributed by atoms with E-state index >= 15 is 0 Å². The molecule has 2 N–H and O–H groups in total. The molecule has 0 bridgehead atoms. The molecule has 0 aliphatic carbocycles. The van der Waals surface area contributed by atoms with Gasteiger partial charge in [0.25, 0.3) is 0 Å². The molecule has 1 heterocycles. The Labute approximate surface area is 114 Å². The van der Waals surface area contributed by atoms with Crippen LogP contribution in [0.2, 0.25) is 0 Å². The second-order valence-corrected chi connectivity index (χ2v) is 5.01. The minimum absolute atomic E-state index is 0.166. The summed E-state index contributed by atoms with van der Waals surface area (Å²) in [6.45, 7) is 5.83. The van der Waals surface area contributed by atoms with Crippen molar-refractivity contribution >= 4 is 11.9 Å². The van der Waals surface area contributed by atoms with E-state index < -0.39 is 11.9 Å². The number of piperidine rings is 1. The van der Waals surface area contributed by atoms with Crippen LogP contribution >= 0.6 is 0 Å². The third-order valence-corrected chi connectivity index (χ3v) is 3.66. The van der Waals surface area contributed by atoms with E-state index in [1.54, 1.807) is 0 Å². The van der Waals surface area contributed by atoms with E-state index in [-0.39, 0.29) is 12.8 Å². The van der Waals surface area contributed by atoms with Gasteiger partial charge in [0.1, 0.15) is 0 Å². The molecule has 6 heteroatoms. The maximum absolute atomic E-state index is 10.6. The third kappa shape index (κ3) is 6.02. The van der Waals surface area contributed by atoms with Gasteiger partial charge in [-0.2, -0.15) is 0 Å². The van der Waals surface area contributed by atoms with Gasteiger partial charge in [0.2, 0.25) is 0 Å². The van der Waals surface area contributed by atoms with Gasteiger partial charge in [0.05, 0.1) is 12.8 Å². The molecule has 1 aliphatic rings. The molecule has 0 saturated carbocycles. The van der Waals surface area contributed by atoms with Gasteiger partial charge in [-0.3, -0.25) is 14.5 Å². The zero-order valence-electron chi connectivity index (χ0n) is 11.5. The summed E-state index contributed by atoms with van der Waals surface area (Å²) in [5.41, 5.74) is 0. The molecule has 0 aromatic heterocycles. The Kier molecular flexibility index (Phi) is 6.80. The second-order valence-electron chi connectivity index (χ2n) is 5.01. The van der Waals surface area contributed by atoms with Crippen LogP contribution in [0.15, 0.2) is 0 Å². The molecule has 0 amide bonds. The Morgan fingerprint density at radius 1 is 1.26 bits per heavy atom. The first-order valence-electron chi connectivity index (χ1n) is 6.93. The van der Waals surface area contributed by atoms with E-state index in [0.29, 0.717) is 19.1 Å². The minimum atomic E-state index is -0.767. The summed E-state index contributed by atoms with van der Waals surface area (Å²) in [7, 11) is 0. The largest absolute Gasteiger partial charge is 0.481 e. The average Bonchev–Trinajstić information content (AvgIpc) is 2.37. The van der Waals surface area contributed by atoms with Crippen LogP contribution in [-0.4, -0.2) is 70.7 Å². The molecule has 0 aromatic carbocycles. The first kappa shape index (κ1) is 15.9. The highest BCUT2D eigenvalue weighted by Crippen LogP contribution is 2.16. The first-order valence-corrected chi connectivity index (χ1v) is 6.93. The monoisotopic (exact) mass is 272 g/mol. The highest BCUT2D eigenvalue weighted by atomic mass is 16.4. The zero-order chi connectivity index (χ0) is 14.3. The summed E-state index contributed by atoms with van der Waals surface area (Å²) in [5.74, 6) is -1.53. The molecule has 1 rings (SSSR count). The molecular weight excluding hydrogens is 248 g/mol. The molecule has 1 unspecified atom stereocenters. The van der Waals surface area contributed by atoms with Crippen molar-refractivity contribution in [2.75, 3.05) is 32.7 Å². The van der Waals surface area contributed by atoms with Gasteiger partial charge in [-0.1, -0.05) is 6.92 Å². The Bertz CT molecular complexity index is 309. The summed E-state index contributed by atoms with van der Waals surface area (Å²) in [6.07, 6.45) is 2.46. The van der Waals surface area contributed by atoms with Crippen LogP contribution < -0.4 is 0 Å². The number of carboxylic acids is 2. The van der Waals surface area contributed by atoms with Crippen LogP contribution in [-0.2, 0) is 9.59 Å². The lowest BCUT2D eigenvalue weighted by atomic mass is 10.0. The third-order valence-electron chi connectivity index (χ3n) is 3.66. The number of hydrogen-bond acceptors (Lipinski definition) is 4.